The molecule has 0 saturated carbocycles. The van der Waals surface area contributed by atoms with Gasteiger partial charge in [-0.2, -0.15) is 4.98 Å². The Morgan fingerprint density at radius 1 is 0.971 bits per heavy atom. The summed E-state index contributed by atoms with van der Waals surface area (Å²) in [5.74, 6) is 4.13. The van der Waals surface area contributed by atoms with E-state index in [9.17, 15) is 0 Å². The Balaban J connectivity index is 1.45. The van der Waals surface area contributed by atoms with E-state index in [1.807, 2.05) is 60.0 Å². The van der Waals surface area contributed by atoms with Crippen LogP contribution in [0.4, 0.5) is 0 Å². The van der Waals surface area contributed by atoms with Crippen LogP contribution in [0.15, 0.2) is 81.0 Å². The molecule has 0 saturated heterocycles. The number of hydrogen-bond donors (Lipinski definition) is 0. The molecule has 3 heterocycles. The van der Waals surface area contributed by atoms with E-state index in [4.69, 9.17) is 18.4 Å². The molecule has 10 heteroatoms. The summed E-state index contributed by atoms with van der Waals surface area (Å²) in [7, 11) is 1.64. The molecule has 3 aromatic heterocycles. The van der Waals surface area contributed by atoms with E-state index in [1.54, 1.807) is 25.5 Å². The van der Waals surface area contributed by atoms with Gasteiger partial charge in [-0.25, -0.2) is 0 Å². The number of hydrogen-bond acceptors (Lipinski definition) is 9. The number of furan rings is 1. The summed E-state index contributed by atoms with van der Waals surface area (Å²) in [4.78, 5) is 4.41. The van der Waals surface area contributed by atoms with Crippen LogP contribution < -0.4 is 9.47 Å². The Morgan fingerprint density at radius 2 is 1.76 bits per heavy atom. The summed E-state index contributed by atoms with van der Waals surface area (Å²) in [6.07, 6.45) is 1.57. The topological polar surface area (TPSA) is 101 Å². The summed E-state index contributed by atoms with van der Waals surface area (Å²) in [6.45, 7) is 2.56. The molecule has 2 aromatic carbocycles. The van der Waals surface area contributed by atoms with Crippen LogP contribution >= 0.6 is 11.8 Å². The third kappa shape index (κ3) is 4.53. The van der Waals surface area contributed by atoms with Gasteiger partial charge in [-0.15, -0.1) is 10.2 Å². The maximum Gasteiger partial charge on any atom is 0.238 e. The molecule has 5 aromatic rings. The van der Waals surface area contributed by atoms with Crippen molar-refractivity contribution in [3.8, 4) is 40.2 Å². The second-order valence-electron chi connectivity index (χ2n) is 7.07. The molecule has 0 bridgehead atoms. The molecule has 0 aliphatic carbocycles. The van der Waals surface area contributed by atoms with Crippen LogP contribution in [0.5, 0.6) is 11.5 Å². The van der Waals surface area contributed by atoms with E-state index in [2.05, 4.69) is 20.3 Å². The Morgan fingerprint density at radius 3 is 2.47 bits per heavy atom. The van der Waals surface area contributed by atoms with Crippen LogP contribution in [0.3, 0.4) is 0 Å². The summed E-state index contributed by atoms with van der Waals surface area (Å²) < 4.78 is 23.6. The average molecular weight is 476 g/mol. The highest BCUT2D eigenvalue weighted by atomic mass is 32.2. The molecule has 9 nitrogen and oxygen atoms in total. The van der Waals surface area contributed by atoms with Gasteiger partial charge >= 0.3 is 0 Å². The molecule has 0 unspecified atom stereocenters. The summed E-state index contributed by atoms with van der Waals surface area (Å²) in [5.41, 5.74) is 1.82. The van der Waals surface area contributed by atoms with E-state index in [-0.39, 0.29) is 0 Å². The zero-order chi connectivity index (χ0) is 23.3. The molecule has 0 atom stereocenters. The Hall–Kier alpha value is -4.05. The van der Waals surface area contributed by atoms with E-state index in [0.29, 0.717) is 40.8 Å². The SMILES string of the molecule is CCOc1ccc(-n2c(SCc3nc(-c4ccco4)no3)nnc2-c2ccc(OC)cc2)cc1. The predicted molar refractivity (Wildman–Crippen MR) is 126 cm³/mol. The third-order valence-electron chi connectivity index (χ3n) is 4.92. The van der Waals surface area contributed by atoms with Crippen molar-refractivity contribution in [2.45, 2.75) is 17.8 Å². The normalized spacial score (nSPS) is 11.0. The second-order valence-corrected chi connectivity index (χ2v) is 8.02. The first-order valence-corrected chi connectivity index (χ1v) is 11.6. The van der Waals surface area contributed by atoms with Crippen molar-refractivity contribution in [2.24, 2.45) is 0 Å². The van der Waals surface area contributed by atoms with Crippen LogP contribution in [0, 0.1) is 0 Å². The minimum Gasteiger partial charge on any atom is -0.497 e. The third-order valence-corrected chi connectivity index (χ3v) is 5.84. The number of aromatic nitrogens is 5. The molecule has 172 valence electrons. The van der Waals surface area contributed by atoms with Gasteiger partial charge in [0.1, 0.15) is 11.5 Å². The summed E-state index contributed by atoms with van der Waals surface area (Å²) in [6, 6.07) is 19.1. The van der Waals surface area contributed by atoms with Crippen LogP contribution in [0.1, 0.15) is 12.8 Å². The molecular formula is C24H21N5O4S. The van der Waals surface area contributed by atoms with Gasteiger partial charge in [0, 0.05) is 11.3 Å². The predicted octanol–water partition coefficient (Wildman–Crippen LogP) is 5.28. The Labute approximate surface area is 199 Å². The van der Waals surface area contributed by atoms with E-state index in [0.717, 1.165) is 22.7 Å². The average Bonchev–Trinajstić information content (AvgIpc) is 3.64. The summed E-state index contributed by atoms with van der Waals surface area (Å²) >= 11 is 1.45. The van der Waals surface area contributed by atoms with Gasteiger partial charge in [-0.1, -0.05) is 16.9 Å². The molecule has 0 N–H and O–H groups in total. The molecule has 0 spiro atoms. The van der Waals surface area contributed by atoms with Gasteiger partial charge < -0.3 is 18.4 Å². The molecule has 34 heavy (non-hydrogen) atoms. The number of benzene rings is 2. The van der Waals surface area contributed by atoms with Crippen LogP contribution in [0.2, 0.25) is 0 Å². The first kappa shape index (κ1) is 21.8. The lowest BCUT2D eigenvalue weighted by atomic mass is 10.2. The van der Waals surface area contributed by atoms with Crippen molar-refractivity contribution in [2.75, 3.05) is 13.7 Å². The lowest BCUT2D eigenvalue weighted by Crippen LogP contribution is -2.00. The molecule has 0 aliphatic heterocycles. The highest BCUT2D eigenvalue weighted by Gasteiger charge is 2.18. The fourth-order valence-corrected chi connectivity index (χ4v) is 4.12. The van der Waals surface area contributed by atoms with Gasteiger partial charge in [-0.05, 0) is 67.6 Å². The summed E-state index contributed by atoms with van der Waals surface area (Å²) in [5, 5.41) is 13.6. The van der Waals surface area contributed by atoms with Crippen molar-refractivity contribution < 1.29 is 18.4 Å². The number of thioether (sulfide) groups is 1. The molecule has 0 aliphatic rings. The van der Waals surface area contributed by atoms with Crippen LogP contribution in [-0.2, 0) is 5.75 Å². The van der Waals surface area contributed by atoms with Crippen molar-refractivity contribution in [3.05, 3.63) is 72.8 Å². The minimum atomic E-state index is 0.410. The standard InChI is InChI=1S/C24H21N5O4S/c1-3-31-19-12-8-17(9-13-19)29-23(16-6-10-18(30-2)11-7-16)26-27-24(29)34-15-21-25-22(28-33-21)20-5-4-14-32-20/h4-14H,3,15H2,1-2H3. The van der Waals surface area contributed by atoms with E-state index in [1.165, 1.54) is 11.8 Å². The first-order chi connectivity index (χ1) is 16.7. The fraction of sp³-hybridized carbons (Fsp3) is 0.167. The van der Waals surface area contributed by atoms with E-state index >= 15 is 0 Å². The molecule has 5 rings (SSSR count). The molecular weight excluding hydrogens is 454 g/mol. The van der Waals surface area contributed by atoms with Gasteiger partial charge in [0.25, 0.3) is 0 Å². The lowest BCUT2D eigenvalue weighted by molar-refractivity contribution is 0.340. The zero-order valence-electron chi connectivity index (χ0n) is 18.5. The zero-order valence-corrected chi connectivity index (χ0v) is 19.4. The smallest absolute Gasteiger partial charge is 0.238 e. The van der Waals surface area contributed by atoms with Crippen molar-refractivity contribution in [3.63, 3.8) is 0 Å². The van der Waals surface area contributed by atoms with E-state index < -0.39 is 0 Å². The van der Waals surface area contributed by atoms with Crippen LogP contribution in [-0.4, -0.2) is 38.6 Å². The quantitative estimate of drug-likeness (QED) is 0.264. The number of methoxy groups -OCH3 is 1. The Kier molecular flexibility index (Phi) is 6.30. The fourth-order valence-electron chi connectivity index (χ4n) is 3.33. The Bertz CT molecular complexity index is 1350. The van der Waals surface area contributed by atoms with Gasteiger partial charge in [-0.3, -0.25) is 4.57 Å². The molecule has 0 amide bonds. The minimum absolute atomic E-state index is 0.410. The van der Waals surface area contributed by atoms with Crippen molar-refractivity contribution in [1.82, 2.24) is 24.9 Å². The van der Waals surface area contributed by atoms with Gasteiger partial charge in [0.2, 0.25) is 11.7 Å². The first-order valence-electron chi connectivity index (χ1n) is 10.6. The maximum absolute atomic E-state index is 5.59. The largest absolute Gasteiger partial charge is 0.497 e. The highest BCUT2D eigenvalue weighted by Crippen LogP contribution is 2.31. The maximum atomic E-state index is 5.59. The van der Waals surface area contributed by atoms with Gasteiger partial charge in [0.15, 0.2) is 16.7 Å². The molecule has 0 fully saturated rings. The number of nitrogens with zero attached hydrogens (tertiary/aromatic N) is 5. The number of rotatable bonds is 9. The van der Waals surface area contributed by atoms with Crippen molar-refractivity contribution in [1.29, 1.82) is 0 Å². The van der Waals surface area contributed by atoms with Crippen molar-refractivity contribution >= 4 is 11.8 Å². The second kappa shape index (κ2) is 9.84. The highest BCUT2D eigenvalue weighted by molar-refractivity contribution is 7.98. The van der Waals surface area contributed by atoms with Crippen LogP contribution in [0.25, 0.3) is 28.7 Å². The lowest BCUT2D eigenvalue weighted by Gasteiger charge is -2.11. The monoisotopic (exact) mass is 475 g/mol. The van der Waals surface area contributed by atoms with Gasteiger partial charge in [0.05, 0.1) is 25.7 Å². The molecule has 0 radical (unpaired) electrons. The number of ether oxygens (including phenoxy) is 2.